The number of para-hydroxylation sites is 1. The molecule has 7 nitrogen and oxygen atoms in total. The zero-order chi connectivity index (χ0) is 22.9. The van der Waals surface area contributed by atoms with Crippen molar-refractivity contribution in [3.05, 3.63) is 65.5 Å². The Kier molecular flexibility index (Phi) is 5.86. The Morgan fingerprint density at radius 3 is 2.44 bits per heavy atom. The van der Waals surface area contributed by atoms with Crippen molar-refractivity contribution >= 4 is 17.8 Å². The third-order valence-corrected chi connectivity index (χ3v) is 6.49. The smallest absolute Gasteiger partial charge is 0.325 e. The van der Waals surface area contributed by atoms with Gasteiger partial charge in [-0.3, -0.25) is 14.5 Å². The molecule has 2 saturated heterocycles. The highest BCUT2D eigenvalue weighted by atomic mass is 19.1. The van der Waals surface area contributed by atoms with E-state index in [0.29, 0.717) is 42.8 Å². The van der Waals surface area contributed by atoms with E-state index in [1.165, 1.54) is 24.1 Å². The molecule has 4 rings (SSSR count). The molecule has 0 radical (unpaired) electrons. The second kappa shape index (κ2) is 8.61. The molecular weight excluding hydrogens is 413 g/mol. The van der Waals surface area contributed by atoms with E-state index >= 15 is 0 Å². The van der Waals surface area contributed by atoms with Crippen molar-refractivity contribution in [1.82, 2.24) is 15.1 Å². The summed E-state index contributed by atoms with van der Waals surface area (Å²) >= 11 is 0. The number of nitrogens with zero attached hydrogens (tertiary/aromatic N) is 2. The molecule has 0 unspecified atom stereocenters. The van der Waals surface area contributed by atoms with Crippen molar-refractivity contribution in [3.8, 4) is 5.75 Å². The lowest BCUT2D eigenvalue weighted by molar-refractivity contribution is -0.133. The zero-order valence-electron chi connectivity index (χ0n) is 18.1. The molecule has 0 saturated carbocycles. The van der Waals surface area contributed by atoms with Crippen LogP contribution in [0, 0.1) is 11.7 Å². The van der Waals surface area contributed by atoms with Crippen LogP contribution in [-0.2, 0) is 11.3 Å². The fourth-order valence-corrected chi connectivity index (χ4v) is 4.56. The average molecular weight is 439 g/mol. The van der Waals surface area contributed by atoms with E-state index in [1.54, 1.807) is 42.2 Å². The van der Waals surface area contributed by atoms with E-state index in [1.807, 2.05) is 6.07 Å². The van der Waals surface area contributed by atoms with Gasteiger partial charge in [0.1, 0.15) is 17.1 Å². The van der Waals surface area contributed by atoms with Crippen molar-refractivity contribution in [2.24, 2.45) is 5.92 Å². The first-order valence-electron chi connectivity index (χ1n) is 10.6. The fraction of sp³-hybridized carbons (Fsp3) is 0.375. The van der Waals surface area contributed by atoms with Gasteiger partial charge in [0.2, 0.25) is 0 Å². The van der Waals surface area contributed by atoms with E-state index in [9.17, 15) is 18.8 Å². The molecule has 2 aliphatic heterocycles. The maximum atomic E-state index is 13.2. The van der Waals surface area contributed by atoms with Gasteiger partial charge < -0.3 is 15.0 Å². The molecule has 2 aromatic carbocycles. The lowest BCUT2D eigenvalue weighted by Gasteiger charge is -2.39. The number of carbonyl (C=O) groups excluding carboxylic acids is 3. The van der Waals surface area contributed by atoms with Gasteiger partial charge in [-0.25, -0.2) is 9.18 Å². The molecule has 168 valence electrons. The van der Waals surface area contributed by atoms with E-state index in [0.717, 1.165) is 0 Å². The zero-order valence-corrected chi connectivity index (χ0v) is 18.1. The number of benzene rings is 2. The van der Waals surface area contributed by atoms with E-state index < -0.39 is 11.6 Å². The molecule has 1 N–H and O–H groups in total. The highest BCUT2D eigenvalue weighted by Gasteiger charge is 2.52. The number of piperidine rings is 1. The summed E-state index contributed by atoms with van der Waals surface area (Å²) in [6.45, 7) is 2.81. The van der Waals surface area contributed by atoms with Crippen molar-refractivity contribution in [3.63, 3.8) is 0 Å². The second-order valence-corrected chi connectivity index (χ2v) is 8.42. The molecule has 0 bridgehead atoms. The van der Waals surface area contributed by atoms with Crippen molar-refractivity contribution in [1.29, 1.82) is 0 Å². The van der Waals surface area contributed by atoms with Gasteiger partial charge in [0.25, 0.3) is 11.8 Å². The quantitative estimate of drug-likeness (QED) is 0.726. The number of ether oxygens (including phenoxy) is 1. The summed E-state index contributed by atoms with van der Waals surface area (Å²) in [6, 6.07) is 12.4. The first-order chi connectivity index (χ1) is 15.3. The molecule has 2 heterocycles. The van der Waals surface area contributed by atoms with Crippen LogP contribution in [0.5, 0.6) is 5.75 Å². The Labute approximate surface area is 186 Å². The van der Waals surface area contributed by atoms with Crippen LogP contribution >= 0.6 is 0 Å². The predicted molar refractivity (Wildman–Crippen MR) is 116 cm³/mol. The minimum absolute atomic E-state index is 0.0890. The number of hydrogen-bond donors (Lipinski definition) is 1. The van der Waals surface area contributed by atoms with E-state index in [4.69, 9.17) is 4.74 Å². The summed E-state index contributed by atoms with van der Waals surface area (Å²) in [5.74, 6) is -0.336. The molecule has 32 heavy (non-hydrogen) atoms. The number of nitrogens with one attached hydrogen (secondary N) is 1. The van der Waals surface area contributed by atoms with Gasteiger partial charge in [0, 0.05) is 13.1 Å². The van der Waals surface area contributed by atoms with Crippen LogP contribution in [-0.4, -0.2) is 53.4 Å². The Balaban J connectivity index is 1.42. The monoisotopic (exact) mass is 439 g/mol. The highest BCUT2D eigenvalue weighted by Crippen LogP contribution is 2.34. The minimum Gasteiger partial charge on any atom is -0.496 e. The summed E-state index contributed by atoms with van der Waals surface area (Å²) in [5, 5.41) is 2.87. The maximum absolute atomic E-state index is 13.2. The molecular formula is C24H26FN3O4. The summed E-state index contributed by atoms with van der Waals surface area (Å²) in [5.41, 5.74) is 0.156. The highest BCUT2D eigenvalue weighted by molar-refractivity contribution is 6.07. The Morgan fingerprint density at radius 2 is 1.78 bits per heavy atom. The van der Waals surface area contributed by atoms with Gasteiger partial charge in [0.05, 0.1) is 19.2 Å². The Morgan fingerprint density at radius 1 is 1.12 bits per heavy atom. The van der Waals surface area contributed by atoms with Crippen molar-refractivity contribution < 1.29 is 23.5 Å². The topological polar surface area (TPSA) is 79.0 Å². The predicted octanol–water partition coefficient (Wildman–Crippen LogP) is 3.20. The van der Waals surface area contributed by atoms with Gasteiger partial charge in [-0.2, -0.15) is 0 Å². The number of halogens is 1. The number of methoxy groups -OCH3 is 1. The normalized spacial score (nSPS) is 21.6. The number of urea groups is 1. The molecule has 0 aromatic heterocycles. The summed E-state index contributed by atoms with van der Waals surface area (Å²) in [6.07, 6.45) is 1.18. The molecule has 2 aromatic rings. The van der Waals surface area contributed by atoms with E-state index in [2.05, 4.69) is 5.32 Å². The number of carbonyl (C=O) groups is 3. The van der Waals surface area contributed by atoms with Crippen LogP contribution in [0.15, 0.2) is 48.5 Å². The van der Waals surface area contributed by atoms with Gasteiger partial charge >= 0.3 is 6.03 Å². The van der Waals surface area contributed by atoms with Gasteiger partial charge in [-0.15, -0.1) is 0 Å². The first-order valence-corrected chi connectivity index (χ1v) is 10.6. The number of rotatable bonds is 5. The molecule has 4 amide bonds. The second-order valence-electron chi connectivity index (χ2n) is 8.42. The molecule has 2 fully saturated rings. The third kappa shape index (κ3) is 3.92. The Bertz CT molecular complexity index is 1030. The average Bonchev–Trinajstić information content (AvgIpc) is 3.03. The van der Waals surface area contributed by atoms with Crippen LogP contribution in [0.2, 0.25) is 0 Å². The first kappa shape index (κ1) is 21.8. The SMILES string of the molecule is COc1ccccc1C(=O)N1CCC([C@@]2(C)NC(=O)N(Cc3ccc(F)cc3)C2=O)CC1. The van der Waals surface area contributed by atoms with Crippen molar-refractivity contribution in [2.75, 3.05) is 20.2 Å². The number of imide groups is 1. The number of likely N-dealkylation sites (tertiary alicyclic amines) is 1. The van der Waals surface area contributed by atoms with Crippen LogP contribution in [0.4, 0.5) is 9.18 Å². The summed E-state index contributed by atoms with van der Waals surface area (Å²) in [4.78, 5) is 41.7. The lowest BCUT2D eigenvalue weighted by atomic mass is 9.78. The standard InChI is InChI=1S/C24H26FN3O4/c1-24(22(30)28(23(31)26-24)15-16-7-9-18(25)10-8-16)17-11-13-27(14-12-17)21(29)19-5-3-4-6-20(19)32-2/h3-10,17H,11-15H2,1-2H3,(H,26,31)/t24-/m1/s1. The molecule has 8 heteroatoms. The fourth-order valence-electron chi connectivity index (χ4n) is 4.56. The van der Waals surface area contributed by atoms with Gasteiger partial charge in [-0.05, 0) is 55.5 Å². The largest absolute Gasteiger partial charge is 0.496 e. The third-order valence-electron chi connectivity index (χ3n) is 6.49. The molecule has 2 aliphatic rings. The van der Waals surface area contributed by atoms with Crippen LogP contribution in [0.1, 0.15) is 35.7 Å². The molecule has 1 atom stereocenters. The molecule has 0 spiro atoms. The minimum atomic E-state index is -1.03. The Hall–Kier alpha value is -3.42. The van der Waals surface area contributed by atoms with Crippen LogP contribution in [0.3, 0.4) is 0 Å². The van der Waals surface area contributed by atoms with Crippen molar-refractivity contribution in [2.45, 2.75) is 31.8 Å². The summed E-state index contributed by atoms with van der Waals surface area (Å²) in [7, 11) is 1.53. The van der Waals surface area contributed by atoms with Crippen LogP contribution in [0.25, 0.3) is 0 Å². The molecule has 0 aliphatic carbocycles. The van der Waals surface area contributed by atoms with Gasteiger partial charge in [-0.1, -0.05) is 24.3 Å². The lowest BCUT2D eigenvalue weighted by Crippen LogP contribution is -2.54. The van der Waals surface area contributed by atoms with Gasteiger partial charge in [0.15, 0.2) is 0 Å². The maximum Gasteiger partial charge on any atom is 0.325 e. The van der Waals surface area contributed by atoms with E-state index in [-0.39, 0.29) is 30.1 Å². The number of amides is 4. The van der Waals surface area contributed by atoms with Crippen LogP contribution < -0.4 is 10.1 Å². The summed E-state index contributed by atoms with van der Waals surface area (Å²) < 4.78 is 18.5. The number of hydrogen-bond acceptors (Lipinski definition) is 4.